The molecule has 1 aromatic carbocycles. The second-order valence-corrected chi connectivity index (χ2v) is 4.99. The van der Waals surface area contributed by atoms with Crippen LogP contribution in [-0.4, -0.2) is 12.7 Å². The third kappa shape index (κ3) is 2.01. The Kier molecular flexibility index (Phi) is 2.83. The Labute approximate surface area is 97.6 Å². The van der Waals surface area contributed by atoms with Gasteiger partial charge in [0.15, 0.2) is 0 Å². The van der Waals surface area contributed by atoms with Crippen molar-refractivity contribution < 1.29 is 9.47 Å². The maximum atomic E-state index is 5.98. The number of hydrogen-bond donors (Lipinski definition) is 0. The second kappa shape index (κ2) is 4.00. The Hall–Kier alpha value is -1.18. The maximum absolute atomic E-state index is 5.98. The Balaban J connectivity index is 2.42. The summed E-state index contributed by atoms with van der Waals surface area (Å²) >= 11 is 0. The molecule has 0 bridgehead atoms. The van der Waals surface area contributed by atoms with Crippen LogP contribution in [-0.2, 0) is 12.8 Å². The van der Waals surface area contributed by atoms with Gasteiger partial charge in [0.05, 0.1) is 7.11 Å². The third-order valence-corrected chi connectivity index (χ3v) is 3.23. The van der Waals surface area contributed by atoms with E-state index in [1.807, 2.05) is 6.07 Å². The highest BCUT2D eigenvalue weighted by Crippen LogP contribution is 2.37. The first kappa shape index (κ1) is 11.3. The van der Waals surface area contributed by atoms with E-state index >= 15 is 0 Å². The number of hydrogen-bond acceptors (Lipinski definition) is 2. The first-order valence-electron chi connectivity index (χ1n) is 5.94. The number of aryl methyl sites for hydroxylation is 2. The highest BCUT2D eigenvalue weighted by Gasteiger charge is 2.27. The first-order valence-corrected chi connectivity index (χ1v) is 5.94. The van der Waals surface area contributed by atoms with Gasteiger partial charge >= 0.3 is 0 Å². The molecule has 0 aromatic heterocycles. The molecule has 0 amide bonds. The van der Waals surface area contributed by atoms with Gasteiger partial charge < -0.3 is 9.47 Å². The molecule has 1 aliphatic heterocycles. The molecule has 0 spiro atoms. The Morgan fingerprint density at radius 2 is 2.12 bits per heavy atom. The van der Waals surface area contributed by atoms with E-state index in [0.717, 1.165) is 30.8 Å². The molecule has 0 saturated heterocycles. The van der Waals surface area contributed by atoms with Crippen LogP contribution in [0, 0.1) is 0 Å². The normalized spacial score (nSPS) is 17.5. The fourth-order valence-corrected chi connectivity index (χ4v) is 2.20. The summed E-state index contributed by atoms with van der Waals surface area (Å²) in [6.07, 6.45) is 3.18. The molecular weight excluding hydrogens is 200 g/mol. The van der Waals surface area contributed by atoms with Crippen molar-refractivity contribution >= 4 is 0 Å². The summed E-state index contributed by atoms with van der Waals surface area (Å²) in [5.41, 5.74) is 2.53. The zero-order chi connectivity index (χ0) is 11.8. The highest BCUT2D eigenvalue weighted by molar-refractivity contribution is 5.48. The van der Waals surface area contributed by atoms with Crippen LogP contribution in [0.2, 0.25) is 0 Å². The lowest BCUT2D eigenvalue weighted by Gasteiger charge is -2.33. The summed E-state index contributed by atoms with van der Waals surface area (Å²) in [6, 6.07) is 4.26. The molecule has 0 fully saturated rings. The van der Waals surface area contributed by atoms with Crippen LogP contribution in [0.1, 0.15) is 38.3 Å². The highest BCUT2D eigenvalue weighted by atomic mass is 16.5. The molecule has 2 rings (SSSR count). The van der Waals surface area contributed by atoms with E-state index in [9.17, 15) is 0 Å². The van der Waals surface area contributed by atoms with Crippen molar-refractivity contribution in [2.75, 3.05) is 7.11 Å². The van der Waals surface area contributed by atoms with Gasteiger partial charge in [-0.3, -0.25) is 0 Å². The van der Waals surface area contributed by atoms with E-state index in [2.05, 4.69) is 26.8 Å². The van der Waals surface area contributed by atoms with Crippen molar-refractivity contribution in [2.24, 2.45) is 0 Å². The van der Waals surface area contributed by atoms with Gasteiger partial charge in [-0.2, -0.15) is 0 Å². The van der Waals surface area contributed by atoms with Crippen LogP contribution in [0.5, 0.6) is 11.5 Å². The molecule has 0 unspecified atom stereocenters. The van der Waals surface area contributed by atoms with E-state index in [-0.39, 0.29) is 5.60 Å². The number of rotatable bonds is 2. The van der Waals surface area contributed by atoms with Gasteiger partial charge in [0.1, 0.15) is 17.1 Å². The summed E-state index contributed by atoms with van der Waals surface area (Å²) < 4.78 is 11.4. The molecule has 1 heterocycles. The molecule has 0 atom stereocenters. The Morgan fingerprint density at radius 1 is 1.38 bits per heavy atom. The van der Waals surface area contributed by atoms with Crippen molar-refractivity contribution in [3.63, 3.8) is 0 Å². The summed E-state index contributed by atoms with van der Waals surface area (Å²) in [5.74, 6) is 1.93. The molecule has 1 aromatic rings. The van der Waals surface area contributed by atoms with Gasteiger partial charge in [-0.15, -0.1) is 0 Å². The Morgan fingerprint density at radius 3 is 2.75 bits per heavy atom. The van der Waals surface area contributed by atoms with E-state index in [1.165, 1.54) is 11.1 Å². The predicted molar refractivity (Wildman–Crippen MR) is 65.4 cm³/mol. The van der Waals surface area contributed by atoms with Crippen LogP contribution in [0.25, 0.3) is 0 Å². The SMILES string of the molecule is CCc1cc2c(cc1OC)OC(C)(C)CC2. The lowest BCUT2D eigenvalue weighted by molar-refractivity contribution is 0.0843. The van der Waals surface area contributed by atoms with Crippen molar-refractivity contribution in [1.82, 2.24) is 0 Å². The van der Waals surface area contributed by atoms with E-state index in [0.29, 0.717) is 0 Å². The molecule has 16 heavy (non-hydrogen) atoms. The topological polar surface area (TPSA) is 18.5 Å². The molecule has 0 radical (unpaired) electrons. The molecule has 0 saturated carbocycles. The fraction of sp³-hybridized carbons (Fsp3) is 0.571. The minimum atomic E-state index is -0.0499. The fourth-order valence-electron chi connectivity index (χ4n) is 2.20. The lowest BCUT2D eigenvalue weighted by atomic mass is 9.92. The number of fused-ring (bicyclic) bond motifs is 1. The number of benzene rings is 1. The van der Waals surface area contributed by atoms with Gasteiger partial charge in [0.2, 0.25) is 0 Å². The van der Waals surface area contributed by atoms with Gasteiger partial charge in [-0.25, -0.2) is 0 Å². The summed E-state index contributed by atoms with van der Waals surface area (Å²) in [7, 11) is 1.72. The lowest BCUT2D eigenvalue weighted by Crippen LogP contribution is -2.32. The van der Waals surface area contributed by atoms with Crippen LogP contribution in [0.3, 0.4) is 0 Å². The molecule has 2 nitrogen and oxygen atoms in total. The van der Waals surface area contributed by atoms with Gasteiger partial charge in [0, 0.05) is 6.07 Å². The quantitative estimate of drug-likeness (QED) is 0.761. The van der Waals surface area contributed by atoms with Crippen molar-refractivity contribution in [3.8, 4) is 11.5 Å². The number of ether oxygens (including phenoxy) is 2. The van der Waals surface area contributed by atoms with E-state index in [4.69, 9.17) is 9.47 Å². The first-order chi connectivity index (χ1) is 7.55. The zero-order valence-electron chi connectivity index (χ0n) is 10.6. The van der Waals surface area contributed by atoms with Crippen LogP contribution in [0.15, 0.2) is 12.1 Å². The third-order valence-electron chi connectivity index (χ3n) is 3.23. The molecule has 88 valence electrons. The maximum Gasteiger partial charge on any atom is 0.127 e. The van der Waals surface area contributed by atoms with Crippen molar-refractivity contribution in [1.29, 1.82) is 0 Å². The van der Waals surface area contributed by atoms with Gasteiger partial charge in [0.25, 0.3) is 0 Å². The molecule has 0 N–H and O–H groups in total. The zero-order valence-corrected chi connectivity index (χ0v) is 10.6. The molecular formula is C14H20O2. The monoisotopic (exact) mass is 220 g/mol. The molecule has 0 aliphatic carbocycles. The Bertz CT molecular complexity index is 394. The van der Waals surface area contributed by atoms with Crippen LogP contribution < -0.4 is 9.47 Å². The minimum Gasteiger partial charge on any atom is -0.496 e. The predicted octanol–water partition coefficient (Wildman–Crippen LogP) is 3.36. The second-order valence-electron chi connectivity index (χ2n) is 4.99. The van der Waals surface area contributed by atoms with Crippen LogP contribution in [0.4, 0.5) is 0 Å². The number of methoxy groups -OCH3 is 1. The van der Waals surface area contributed by atoms with Gasteiger partial charge in [-0.05, 0) is 50.3 Å². The largest absolute Gasteiger partial charge is 0.496 e. The van der Waals surface area contributed by atoms with E-state index < -0.39 is 0 Å². The standard InChI is InChI=1S/C14H20O2/c1-5-10-8-11-6-7-14(2,3)16-13(11)9-12(10)15-4/h8-9H,5-7H2,1-4H3. The summed E-state index contributed by atoms with van der Waals surface area (Å²) in [4.78, 5) is 0. The summed E-state index contributed by atoms with van der Waals surface area (Å²) in [5, 5.41) is 0. The minimum absolute atomic E-state index is 0.0499. The van der Waals surface area contributed by atoms with E-state index in [1.54, 1.807) is 7.11 Å². The summed E-state index contributed by atoms with van der Waals surface area (Å²) in [6.45, 7) is 6.42. The smallest absolute Gasteiger partial charge is 0.127 e. The van der Waals surface area contributed by atoms with Crippen molar-refractivity contribution in [3.05, 3.63) is 23.3 Å². The van der Waals surface area contributed by atoms with Gasteiger partial charge in [-0.1, -0.05) is 6.92 Å². The van der Waals surface area contributed by atoms with Crippen molar-refractivity contribution in [2.45, 2.75) is 45.6 Å². The average Bonchev–Trinajstić information content (AvgIpc) is 2.26. The molecule has 2 heteroatoms. The molecule has 1 aliphatic rings. The average molecular weight is 220 g/mol. The van der Waals surface area contributed by atoms with Crippen LogP contribution >= 0.6 is 0 Å².